The summed E-state index contributed by atoms with van der Waals surface area (Å²) < 4.78 is 24.8. The molecule has 0 rings (SSSR count). The number of nitrogens with two attached hydrogens (primary N) is 2. The number of hydrogen-bond donors (Lipinski definition) is 4. The summed E-state index contributed by atoms with van der Waals surface area (Å²) in [5.74, 6) is 0. The molecular formula is C6H16N4O3S. The minimum Gasteiger partial charge on any atom is -0.352 e. The molecular weight excluding hydrogens is 208 g/mol. The predicted octanol–water partition coefficient (Wildman–Crippen LogP) is -2.08. The maximum absolute atomic E-state index is 11.3. The Morgan fingerprint density at radius 1 is 1.43 bits per heavy atom. The van der Waals surface area contributed by atoms with Gasteiger partial charge in [0.2, 0.25) is 10.0 Å². The van der Waals surface area contributed by atoms with Crippen molar-refractivity contribution in [3.63, 3.8) is 0 Å². The van der Waals surface area contributed by atoms with Gasteiger partial charge in [0.25, 0.3) is 0 Å². The van der Waals surface area contributed by atoms with Crippen LogP contribution in [0.4, 0.5) is 4.79 Å². The van der Waals surface area contributed by atoms with Crippen molar-refractivity contribution in [2.45, 2.75) is 12.2 Å². The molecule has 1 unspecified atom stereocenters. The fourth-order valence-corrected chi connectivity index (χ4v) is 1.57. The Morgan fingerprint density at radius 3 is 2.43 bits per heavy atom. The van der Waals surface area contributed by atoms with Crippen LogP contribution in [0.1, 0.15) is 6.92 Å². The zero-order valence-corrected chi connectivity index (χ0v) is 8.80. The van der Waals surface area contributed by atoms with E-state index in [1.165, 1.54) is 6.92 Å². The molecule has 0 aromatic rings. The SMILES string of the molecule is CC(CN)S(=O)(=O)NCCNC(N)=O. The molecule has 0 radical (unpaired) electrons. The third kappa shape index (κ3) is 5.00. The van der Waals surface area contributed by atoms with Crippen LogP contribution in [0, 0.1) is 0 Å². The molecule has 0 saturated carbocycles. The van der Waals surface area contributed by atoms with Gasteiger partial charge in [-0.25, -0.2) is 17.9 Å². The minimum atomic E-state index is -3.38. The second-order valence-electron chi connectivity index (χ2n) is 2.78. The maximum Gasteiger partial charge on any atom is 0.312 e. The zero-order valence-electron chi connectivity index (χ0n) is 7.99. The van der Waals surface area contributed by atoms with Crippen molar-refractivity contribution >= 4 is 16.1 Å². The van der Waals surface area contributed by atoms with Gasteiger partial charge in [-0.1, -0.05) is 0 Å². The van der Waals surface area contributed by atoms with Crippen LogP contribution in [0.15, 0.2) is 0 Å². The van der Waals surface area contributed by atoms with E-state index in [9.17, 15) is 13.2 Å². The van der Waals surface area contributed by atoms with E-state index >= 15 is 0 Å². The fraction of sp³-hybridized carbons (Fsp3) is 0.833. The van der Waals surface area contributed by atoms with Gasteiger partial charge < -0.3 is 16.8 Å². The summed E-state index contributed by atoms with van der Waals surface area (Å²) in [6, 6.07) is -0.684. The lowest BCUT2D eigenvalue weighted by Gasteiger charge is -2.11. The van der Waals surface area contributed by atoms with E-state index in [4.69, 9.17) is 11.5 Å². The topological polar surface area (TPSA) is 127 Å². The summed E-state index contributed by atoms with van der Waals surface area (Å²) in [7, 11) is -3.38. The Bertz CT molecular complexity index is 277. The fourth-order valence-electron chi connectivity index (χ4n) is 0.648. The van der Waals surface area contributed by atoms with Gasteiger partial charge in [0.1, 0.15) is 0 Å². The number of urea groups is 1. The first-order valence-corrected chi connectivity index (χ1v) is 5.66. The van der Waals surface area contributed by atoms with Gasteiger partial charge in [-0.2, -0.15) is 0 Å². The molecule has 1 atom stereocenters. The average Bonchev–Trinajstić information content (AvgIpc) is 2.10. The normalized spacial score (nSPS) is 13.6. The van der Waals surface area contributed by atoms with Crippen LogP contribution in [0.2, 0.25) is 0 Å². The van der Waals surface area contributed by atoms with Crippen molar-refractivity contribution in [3.05, 3.63) is 0 Å². The minimum absolute atomic E-state index is 0.0541. The lowest BCUT2D eigenvalue weighted by atomic mass is 10.5. The van der Waals surface area contributed by atoms with E-state index in [1.54, 1.807) is 0 Å². The highest BCUT2D eigenvalue weighted by molar-refractivity contribution is 7.90. The molecule has 84 valence electrons. The standard InChI is InChI=1S/C6H16N4O3S/c1-5(4-7)14(12,13)10-3-2-9-6(8)11/h5,10H,2-4,7H2,1H3,(H3,8,9,11). The van der Waals surface area contributed by atoms with Crippen molar-refractivity contribution in [1.82, 2.24) is 10.0 Å². The quantitative estimate of drug-likeness (QED) is 0.386. The van der Waals surface area contributed by atoms with Gasteiger partial charge in [-0.05, 0) is 6.92 Å². The Hall–Kier alpha value is -0.860. The van der Waals surface area contributed by atoms with Crippen molar-refractivity contribution in [1.29, 1.82) is 0 Å². The number of hydrogen-bond acceptors (Lipinski definition) is 4. The van der Waals surface area contributed by atoms with E-state index in [0.29, 0.717) is 0 Å². The van der Waals surface area contributed by atoms with Crippen LogP contribution >= 0.6 is 0 Å². The Balaban J connectivity index is 3.83. The van der Waals surface area contributed by atoms with E-state index in [1.807, 2.05) is 0 Å². The highest BCUT2D eigenvalue weighted by Crippen LogP contribution is 1.93. The molecule has 0 aliphatic carbocycles. The summed E-state index contributed by atoms with van der Waals surface area (Å²) in [5.41, 5.74) is 9.98. The smallest absolute Gasteiger partial charge is 0.312 e. The van der Waals surface area contributed by atoms with Gasteiger partial charge in [0.15, 0.2) is 0 Å². The molecule has 0 aliphatic heterocycles. The zero-order chi connectivity index (χ0) is 11.2. The Kier molecular flexibility index (Phi) is 5.43. The van der Waals surface area contributed by atoms with Crippen molar-refractivity contribution < 1.29 is 13.2 Å². The Morgan fingerprint density at radius 2 is 2.00 bits per heavy atom. The van der Waals surface area contributed by atoms with Crippen LogP contribution in [0.25, 0.3) is 0 Å². The second kappa shape index (κ2) is 5.78. The second-order valence-corrected chi connectivity index (χ2v) is 4.96. The molecule has 0 bridgehead atoms. The molecule has 14 heavy (non-hydrogen) atoms. The van der Waals surface area contributed by atoms with Crippen LogP contribution < -0.4 is 21.5 Å². The third-order valence-corrected chi connectivity index (χ3v) is 3.45. The van der Waals surface area contributed by atoms with Gasteiger partial charge in [0, 0.05) is 19.6 Å². The van der Waals surface area contributed by atoms with Gasteiger partial charge in [-0.3, -0.25) is 0 Å². The van der Waals surface area contributed by atoms with Gasteiger partial charge in [-0.15, -0.1) is 0 Å². The van der Waals surface area contributed by atoms with E-state index < -0.39 is 21.3 Å². The summed E-state index contributed by atoms with van der Waals surface area (Å²) in [5, 5.41) is 1.61. The average molecular weight is 224 g/mol. The maximum atomic E-state index is 11.3. The summed E-state index contributed by atoms with van der Waals surface area (Å²) in [6.07, 6.45) is 0. The third-order valence-electron chi connectivity index (χ3n) is 1.59. The lowest BCUT2D eigenvalue weighted by molar-refractivity contribution is 0.249. The number of carbonyl (C=O) groups is 1. The van der Waals surface area contributed by atoms with Crippen LogP contribution in [-0.4, -0.2) is 39.3 Å². The Labute approximate surface area is 83.3 Å². The molecule has 0 heterocycles. The van der Waals surface area contributed by atoms with E-state index in [-0.39, 0.29) is 19.6 Å². The summed E-state index contributed by atoms with van der Waals surface area (Å²) in [4.78, 5) is 10.2. The number of sulfonamides is 1. The number of amides is 2. The molecule has 0 aromatic heterocycles. The largest absolute Gasteiger partial charge is 0.352 e. The highest BCUT2D eigenvalue weighted by atomic mass is 32.2. The number of primary amides is 1. The monoisotopic (exact) mass is 224 g/mol. The molecule has 0 fully saturated rings. The highest BCUT2D eigenvalue weighted by Gasteiger charge is 2.17. The molecule has 0 saturated heterocycles. The predicted molar refractivity (Wildman–Crippen MR) is 53.0 cm³/mol. The molecule has 2 amide bonds. The molecule has 0 aromatic carbocycles. The molecule has 0 aliphatic rings. The first-order chi connectivity index (χ1) is 6.40. The number of nitrogens with one attached hydrogen (secondary N) is 2. The molecule has 7 nitrogen and oxygen atoms in total. The van der Waals surface area contributed by atoms with Crippen LogP contribution in [0.5, 0.6) is 0 Å². The number of rotatable bonds is 6. The first-order valence-electron chi connectivity index (χ1n) is 4.12. The van der Waals surface area contributed by atoms with Crippen molar-refractivity contribution in [3.8, 4) is 0 Å². The van der Waals surface area contributed by atoms with Gasteiger partial charge >= 0.3 is 6.03 Å². The summed E-state index contributed by atoms with van der Waals surface area (Å²) in [6.45, 7) is 1.82. The van der Waals surface area contributed by atoms with E-state index in [2.05, 4.69) is 10.0 Å². The van der Waals surface area contributed by atoms with E-state index in [0.717, 1.165) is 0 Å². The molecule has 6 N–H and O–H groups in total. The first kappa shape index (κ1) is 13.1. The van der Waals surface area contributed by atoms with Crippen LogP contribution in [-0.2, 0) is 10.0 Å². The number of carbonyl (C=O) groups excluding carboxylic acids is 1. The van der Waals surface area contributed by atoms with Crippen molar-refractivity contribution in [2.75, 3.05) is 19.6 Å². The lowest BCUT2D eigenvalue weighted by Crippen LogP contribution is -2.41. The van der Waals surface area contributed by atoms with Crippen molar-refractivity contribution in [2.24, 2.45) is 11.5 Å². The molecule has 8 heteroatoms. The van der Waals surface area contributed by atoms with Gasteiger partial charge in [0.05, 0.1) is 5.25 Å². The van der Waals surface area contributed by atoms with Crippen LogP contribution in [0.3, 0.4) is 0 Å². The summed E-state index contributed by atoms with van der Waals surface area (Å²) >= 11 is 0. The molecule has 0 spiro atoms.